The fraction of sp³-hybridized carbons (Fsp3) is 0.594. The van der Waals surface area contributed by atoms with Gasteiger partial charge in [-0.2, -0.15) is 0 Å². The van der Waals surface area contributed by atoms with Crippen molar-refractivity contribution in [3.05, 3.63) is 52.1 Å². The molecule has 0 amide bonds. The van der Waals surface area contributed by atoms with Gasteiger partial charge < -0.3 is 14.7 Å². The van der Waals surface area contributed by atoms with E-state index < -0.39 is 28.6 Å². The van der Waals surface area contributed by atoms with Gasteiger partial charge in [-0.05, 0) is 86.1 Å². The number of benzene rings is 1. The predicted molar refractivity (Wildman–Crippen MR) is 143 cm³/mol. The van der Waals surface area contributed by atoms with Crippen molar-refractivity contribution in [3.8, 4) is 11.8 Å². The van der Waals surface area contributed by atoms with Crippen molar-refractivity contribution in [1.29, 1.82) is 0 Å². The van der Waals surface area contributed by atoms with Gasteiger partial charge in [0.1, 0.15) is 17.2 Å². The van der Waals surface area contributed by atoms with Gasteiger partial charge in [-0.1, -0.05) is 25.3 Å². The smallest absolute Gasteiger partial charge is 0.156 e. The van der Waals surface area contributed by atoms with Crippen LogP contribution in [0.15, 0.2) is 34.9 Å². The summed E-state index contributed by atoms with van der Waals surface area (Å²) in [6.07, 6.45) is 5.70. The summed E-state index contributed by atoms with van der Waals surface area (Å²) < 4.78 is 37.6. The molecule has 1 N–H and O–H groups in total. The molecule has 0 aromatic heterocycles. The molecular formula is C32H37F2NO3. The average molecular weight is 522 g/mol. The molecule has 1 aromatic carbocycles. The van der Waals surface area contributed by atoms with Gasteiger partial charge in [0, 0.05) is 42.1 Å². The summed E-state index contributed by atoms with van der Waals surface area (Å²) in [6.45, 7) is 8.16. The Morgan fingerprint density at radius 2 is 1.84 bits per heavy atom. The molecule has 4 aliphatic carbocycles. The standard InChI is InChI=1S/C32H37F2NO3/c1-4-9-32(37)19(2)14-26-24-7-5-20-15-22(36)6-8-23(20)29(24)25(18-31(26,32)3)30-27(33)16-21(17-28(30)34)35-10-12-38-13-11-35/h15-17,19,24-26,37H,5-8,10-14,18H2,1-3H3/t19-,24+,25+,26+,31+,32+/m1/s1. The van der Waals surface area contributed by atoms with Crippen LogP contribution >= 0.6 is 0 Å². The summed E-state index contributed by atoms with van der Waals surface area (Å²) in [5.41, 5.74) is 2.09. The van der Waals surface area contributed by atoms with Crippen LogP contribution in [-0.2, 0) is 9.53 Å². The molecule has 2 saturated carbocycles. The minimum Gasteiger partial charge on any atom is -0.378 e. The summed E-state index contributed by atoms with van der Waals surface area (Å²) >= 11 is 0. The van der Waals surface area contributed by atoms with E-state index in [-0.39, 0.29) is 29.1 Å². The van der Waals surface area contributed by atoms with Crippen LogP contribution in [-0.4, -0.2) is 42.8 Å². The van der Waals surface area contributed by atoms with Crippen molar-refractivity contribution in [3.63, 3.8) is 0 Å². The highest BCUT2D eigenvalue weighted by Gasteiger charge is 2.65. The summed E-state index contributed by atoms with van der Waals surface area (Å²) in [5.74, 6) is 4.88. The molecular weight excluding hydrogens is 484 g/mol. The highest BCUT2D eigenvalue weighted by atomic mass is 19.1. The quantitative estimate of drug-likeness (QED) is 0.507. The molecule has 4 nitrogen and oxygen atoms in total. The van der Waals surface area contributed by atoms with Gasteiger partial charge in [0.05, 0.1) is 13.2 Å². The number of allylic oxidation sites excluding steroid dienone is 4. The van der Waals surface area contributed by atoms with Crippen LogP contribution in [0.5, 0.6) is 0 Å². The van der Waals surface area contributed by atoms with Crippen LogP contribution in [0.2, 0.25) is 0 Å². The van der Waals surface area contributed by atoms with E-state index in [2.05, 4.69) is 25.7 Å². The normalized spacial score (nSPS) is 36.6. The van der Waals surface area contributed by atoms with Crippen LogP contribution in [0, 0.1) is 46.6 Å². The number of rotatable bonds is 2. The number of carbonyl (C=O) groups excluding carboxylic acids is 1. The number of carbonyl (C=O) groups is 1. The minimum absolute atomic E-state index is 0.0433. The summed E-state index contributed by atoms with van der Waals surface area (Å²) in [6, 6.07) is 2.94. The number of morpholine rings is 1. The first kappa shape index (κ1) is 25.8. The molecule has 5 aliphatic rings. The third-order valence-electron chi connectivity index (χ3n) is 10.4. The van der Waals surface area contributed by atoms with Crippen LogP contribution in [0.25, 0.3) is 0 Å². The van der Waals surface area contributed by atoms with Gasteiger partial charge in [0.15, 0.2) is 5.78 Å². The van der Waals surface area contributed by atoms with E-state index in [9.17, 15) is 9.90 Å². The van der Waals surface area contributed by atoms with E-state index in [4.69, 9.17) is 4.74 Å². The molecule has 1 heterocycles. The van der Waals surface area contributed by atoms with Crippen LogP contribution in [0.3, 0.4) is 0 Å². The Balaban J connectivity index is 1.53. The van der Waals surface area contributed by atoms with Gasteiger partial charge >= 0.3 is 0 Å². The van der Waals surface area contributed by atoms with Crippen molar-refractivity contribution < 1.29 is 23.4 Å². The Kier molecular flexibility index (Phi) is 6.31. The number of anilines is 1. The molecule has 1 aromatic rings. The van der Waals surface area contributed by atoms with Gasteiger partial charge in [-0.3, -0.25) is 4.79 Å². The summed E-state index contributed by atoms with van der Waals surface area (Å²) in [7, 11) is 0. The van der Waals surface area contributed by atoms with Crippen molar-refractivity contribution in [2.45, 2.75) is 70.8 Å². The fourth-order valence-electron chi connectivity index (χ4n) is 8.62. The molecule has 3 fully saturated rings. The zero-order valence-corrected chi connectivity index (χ0v) is 22.6. The third kappa shape index (κ3) is 3.72. The molecule has 6 rings (SSSR count). The van der Waals surface area contributed by atoms with E-state index in [0.29, 0.717) is 51.3 Å². The Hall–Kier alpha value is -2.49. The molecule has 0 unspecified atom stereocenters. The largest absolute Gasteiger partial charge is 0.378 e. The maximum Gasteiger partial charge on any atom is 0.156 e. The Morgan fingerprint density at radius 3 is 2.53 bits per heavy atom. The van der Waals surface area contributed by atoms with Gasteiger partial charge in [0.25, 0.3) is 0 Å². The number of ketones is 1. The van der Waals surface area contributed by atoms with Crippen molar-refractivity contribution in [2.75, 3.05) is 31.2 Å². The number of hydrogen-bond acceptors (Lipinski definition) is 4. The Bertz CT molecular complexity index is 1280. The van der Waals surface area contributed by atoms with Crippen molar-refractivity contribution >= 4 is 11.5 Å². The zero-order valence-electron chi connectivity index (χ0n) is 22.6. The Morgan fingerprint density at radius 1 is 1.13 bits per heavy atom. The zero-order chi connectivity index (χ0) is 26.8. The molecule has 0 spiro atoms. The summed E-state index contributed by atoms with van der Waals surface area (Å²) in [5, 5.41) is 12.0. The van der Waals surface area contributed by atoms with Crippen LogP contribution in [0.4, 0.5) is 14.5 Å². The molecule has 0 radical (unpaired) electrons. The summed E-state index contributed by atoms with van der Waals surface area (Å²) in [4.78, 5) is 14.2. The molecule has 202 valence electrons. The second-order valence-electron chi connectivity index (χ2n) is 12.2. The van der Waals surface area contributed by atoms with Crippen molar-refractivity contribution in [2.24, 2.45) is 23.2 Å². The topological polar surface area (TPSA) is 49.8 Å². The fourth-order valence-corrected chi connectivity index (χ4v) is 8.62. The molecule has 0 bridgehead atoms. The first-order chi connectivity index (χ1) is 18.2. The predicted octanol–water partition coefficient (Wildman–Crippen LogP) is 5.70. The van der Waals surface area contributed by atoms with E-state index in [0.717, 1.165) is 36.0 Å². The lowest BCUT2D eigenvalue weighted by Gasteiger charge is -2.54. The molecule has 38 heavy (non-hydrogen) atoms. The maximum atomic E-state index is 16.1. The third-order valence-corrected chi connectivity index (χ3v) is 10.4. The van der Waals surface area contributed by atoms with Gasteiger partial charge in [-0.15, -0.1) is 5.92 Å². The van der Waals surface area contributed by atoms with E-state index in [1.807, 2.05) is 4.90 Å². The lowest BCUT2D eigenvalue weighted by atomic mass is 9.51. The first-order valence-electron chi connectivity index (χ1n) is 14.1. The first-order valence-corrected chi connectivity index (χ1v) is 14.1. The highest BCUT2D eigenvalue weighted by molar-refractivity contribution is 5.93. The van der Waals surface area contributed by atoms with Crippen LogP contribution in [0.1, 0.15) is 70.8 Å². The number of fused-ring (bicyclic) bond motifs is 4. The van der Waals surface area contributed by atoms with Crippen molar-refractivity contribution in [1.82, 2.24) is 0 Å². The highest BCUT2D eigenvalue weighted by Crippen LogP contribution is 2.68. The second kappa shape index (κ2) is 9.31. The average Bonchev–Trinajstić information content (AvgIpc) is 3.09. The monoisotopic (exact) mass is 521 g/mol. The van der Waals surface area contributed by atoms with E-state index in [1.165, 1.54) is 12.1 Å². The second-order valence-corrected chi connectivity index (χ2v) is 12.2. The molecule has 6 heteroatoms. The Labute approximate surface area is 224 Å². The van der Waals surface area contributed by atoms with E-state index in [1.54, 1.807) is 13.0 Å². The van der Waals surface area contributed by atoms with Gasteiger partial charge in [-0.25, -0.2) is 8.78 Å². The van der Waals surface area contributed by atoms with Gasteiger partial charge in [0.2, 0.25) is 0 Å². The number of hydrogen-bond donors (Lipinski definition) is 1. The molecule has 6 atom stereocenters. The maximum absolute atomic E-state index is 16.1. The number of ether oxygens (including phenoxy) is 1. The lowest BCUT2D eigenvalue weighted by molar-refractivity contribution is -0.114. The lowest BCUT2D eigenvalue weighted by Crippen LogP contribution is -2.52. The number of aliphatic hydroxyl groups is 1. The van der Waals surface area contributed by atoms with E-state index >= 15 is 8.78 Å². The molecule has 1 saturated heterocycles. The number of halogens is 2. The van der Waals surface area contributed by atoms with Crippen LogP contribution < -0.4 is 4.90 Å². The molecule has 1 aliphatic heterocycles. The number of nitrogens with zero attached hydrogens (tertiary/aromatic N) is 1. The minimum atomic E-state index is -1.22. The SMILES string of the molecule is CC#C[C@]1(O)[C@H](C)C[C@H]2[C@@H]3CCC4=CC(=O)CCC4=C3[C@@H](c3c(F)cc(N4CCOCC4)cc3F)C[C@@]21C.